The lowest BCUT2D eigenvalue weighted by atomic mass is 10.1. The third kappa shape index (κ3) is 3.87. The maximum atomic E-state index is 12.6. The molecule has 24 heavy (non-hydrogen) atoms. The van der Waals surface area contributed by atoms with Gasteiger partial charge in [-0.15, -0.1) is 0 Å². The van der Waals surface area contributed by atoms with Gasteiger partial charge in [0.25, 0.3) is 5.56 Å². The van der Waals surface area contributed by atoms with Crippen molar-refractivity contribution in [3.63, 3.8) is 0 Å². The SMILES string of the molecule is Cc1ccc2c(c1)CN(C(=O)CCn1cc(Br)ccc1=O)CCO2. The lowest BCUT2D eigenvalue weighted by molar-refractivity contribution is -0.132. The van der Waals surface area contributed by atoms with Crippen LogP contribution in [0.2, 0.25) is 0 Å². The minimum Gasteiger partial charge on any atom is -0.491 e. The second kappa shape index (κ2) is 7.21. The van der Waals surface area contributed by atoms with E-state index in [1.54, 1.807) is 21.7 Å². The smallest absolute Gasteiger partial charge is 0.250 e. The van der Waals surface area contributed by atoms with Gasteiger partial charge in [0.2, 0.25) is 5.91 Å². The molecule has 0 saturated heterocycles. The molecular formula is C18H19BrN2O3. The van der Waals surface area contributed by atoms with E-state index in [9.17, 15) is 9.59 Å². The van der Waals surface area contributed by atoms with Crippen LogP contribution in [-0.4, -0.2) is 28.5 Å². The number of fused-ring (bicyclic) bond motifs is 1. The fourth-order valence-electron chi connectivity index (χ4n) is 2.79. The van der Waals surface area contributed by atoms with Gasteiger partial charge in [0.1, 0.15) is 12.4 Å². The van der Waals surface area contributed by atoms with E-state index in [0.29, 0.717) is 26.2 Å². The number of ether oxygens (including phenoxy) is 1. The summed E-state index contributed by atoms with van der Waals surface area (Å²) in [6, 6.07) is 9.22. The zero-order chi connectivity index (χ0) is 17.1. The largest absolute Gasteiger partial charge is 0.491 e. The normalized spacial score (nSPS) is 13.8. The molecule has 0 unspecified atom stereocenters. The minimum atomic E-state index is -0.105. The van der Waals surface area contributed by atoms with Crippen molar-refractivity contribution in [3.8, 4) is 5.75 Å². The number of carbonyl (C=O) groups is 1. The van der Waals surface area contributed by atoms with Crippen molar-refractivity contribution >= 4 is 21.8 Å². The quantitative estimate of drug-likeness (QED) is 0.809. The highest BCUT2D eigenvalue weighted by Gasteiger charge is 2.19. The number of rotatable bonds is 3. The lowest BCUT2D eigenvalue weighted by Crippen LogP contribution is -2.33. The highest BCUT2D eigenvalue weighted by atomic mass is 79.9. The van der Waals surface area contributed by atoms with Crippen molar-refractivity contribution in [1.29, 1.82) is 0 Å². The number of hydrogen-bond donors (Lipinski definition) is 0. The zero-order valence-electron chi connectivity index (χ0n) is 13.5. The Bertz CT molecular complexity index is 816. The molecule has 1 aliphatic heterocycles. The van der Waals surface area contributed by atoms with Gasteiger partial charge in [-0.05, 0) is 35.0 Å². The first kappa shape index (κ1) is 16.8. The summed E-state index contributed by atoms with van der Waals surface area (Å²) in [5.74, 6) is 0.874. The van der Waals surface area contributed by atoms with E-state index in [1.165, 1.54) is 6.07 Å². The van der Waals surface area contributed by atoms with Gasteiger partial charge >= 0.3 is 0 Å². The number of carbonyl (C=O) groups excluding carboxylic acids is 1. The monoisotopic (exact) mass is 390 g/mol. The van der Waals surface area contributed by atoms with Crippen LogP contribution in [0.15, 0.2) is 45.8 Å². The van der Waals surface area contributed by atoms with E-state index >= 15 is 0 Å². The second-order valence-corrected chi connectivity index (χ2v) is 6.82. The van der Waals surface area contributed by atoms with E-state index in [0.717, 1.165) is 21.3 Å². The van der Waals surface area contributed by atoms with Crippen LogP contribution >= 0.6 is 15.9 Å². The van der Waals surface area contributed by atoms with Crippen molar-refractivity contribution in [2.45, 2.75) is 26.4 Å². The molecule has 0 saturated carbocycles. The molecule has 126 valence electrons. The Morgan fingerprint density at radius 2 is 2.12 bits per heavy atom. The standard InChI is InChI=1S/C18H19BrN2O3/c1-13-2-4-16-14(10-13)11-21(8-9-24-16)18(23)6-7-20-12-15(19)3-5-17(20)22/h2-5,10,12H,6-9,11H2,1H3. The van der Waals surface area contributed by atoms with Gasteiger partial charge in [0.05, 0.1) is 6.54 Å². The van der Waals surface area contributed by atoms with Gasteiger partial charge in [-0.2, -0.15) is 0 Å². The second-order valence-electron chi connectivity index (χ2n) is 5.90. The van der Waals surface area contributed by atoms with Crippen molar-refractivity contribution in [3.05, 3.63) is 62.5 Å². The fourth-order valence-corrected chi connectivity index (χ4v) is 3.17. The molecule has 1 aromatic carbocycles. The maximum absolute atomic E-state index is 12.6. The van der Waals surface area contributed by atoms with E-state index in [-0.39, 0.29) is 17.9 Å². The molecule has 2 aromatic rings. The van der Waals surface area contributed by atoms with Gasteiger partial charge in [0.15, 0.2) is 0 Å². The summed E-state index contributed by atoms with van der Waals surface area (Å²) >= 11 is 3.34. The van der Waals surface area contributed by atoms with Crippen LogP contribution in [0, 0.1) is 6.92 Å². The summed E-state index contributed by atoms with van der Waals surface area (Å²) < 4.78 is 8.10. The van der Waals surface area contributed by atoms with E-state index in [1.807, 2.05) is 19.1 Å². The topological polar surface area (TPSA) is 51.5 Å². The Balaban J connectivity index is 1.69. The van der Waals surface area contributed by atoms with Gasteiger partial charge in [0, 0.05) is 41.8 Å². The Labute approximate surface area is 149 Å². The molecule has 0 fully saturated rings. The van der Waals surface area contributed by atoms with Crippen molar-refractivity contribution in [2.75, 3.05) is 13.2 Å². The lowest BCUT2D eigenvalue weighted by Gasteiger charge is -2.20. The summed E-state index contributed by atoms with van der Waals surface area (Å²) in [6.07, 6.45) is 2.00. The molecular weight excluding hydrogens is 372 g/mol. The molecule has 1 aromatic heterocycles. The average Bonchev–Trinajstić information content (AvgIpc) is 2.77. The number of benzene rings is 1. The Kier molecular flexibility index (Phi) is 5.04. The molecule has 0 spiro atoms. The molecule has 0 N–H and O–H groups in total. The minimum absolute atomic E-state index is 0.0276. The van der Waals surface area contributed by atoms with Crippen LogP contribution in [0.3, 0.4) is 0 Å². The van der Waals surface area contributed by atoms with Crippen molar-refractivity contribution < 1.29 is 9.53 Å². The molecule has 1 amide bonds. The van der Waals surface area contributed by atoms with Gasteiger partial charge in [-0.1, -0.05) is 17.7 Å². The molecule has 0 aliphatic carbocycles. The van der Waals surface area contributed by atoms with Crippen molar-refractivity contribution in [1.82, 2.24) is 9.47 Å². The summed E-state index contributed by atoms with van der Waals surface area (Å²) in [5.41, 5.74) is 2.07. The molecule has 6 heteroatoms. The van der Waals surface area contributed by atoms with Gasteiger partial charge in [-0.25, -0.2) is 0 Å². The first-order chi connectivity index (χ1) is 11.5. The van der Waals surface area contributed by atoms with E-state index < -0.39 is 0 Å². The Morgan fingerprint density at radius 3 is 2.96 bits per heavy atom. The molecule has 0 bridgehead atoms. The van der Waals surface area contributed by atoms with E-state index in [4.69, 9.17) is 4.74 Å². The van der Waals surface area contributed by atoms with Gasteiger partial charge in [-0.3, -0.25) is 9.59 Å². The van der Waals surface area contributed by atoms with E-state index in [2.05, 4.69) is 22.0 Å². The van der Waals surface area contributed by atoms with Crippen LogP contribution in [0.25, 0.3) is 0 Å². The summed E-state index contributed by atoms with van der Waals surface area (Å²) in [5, 5.41) is 0. The number of pyridine rings is 1. The number of aryl methyl sites for hydroxylation is 2. The maximum Gasteiger partial charge on any atom is 0.250 e. The third-order valence-corrected chi connectivity index (χ3v) is 4.53. The number of amides is 1. The van der Waals surface area contributed by atoms with Crippen LogP contribution in [0.5, 0.6) is 5.75 Å². The number of halogens is 1. The molecule has 1 aliphatic rings. The predicted molar refractivity (Wildman–Crippen MR) is 95.1 cm³/mol. The van der Waals surface area contributed by atoms with Crippen LogP contribution in [0.1, 0.15) is 17.5 Å². The average molecular weight is 391 g/mol. The first-order valence-electron chi connectivity index (χ1n) is 7.89. The van der Waals surface area contributed by atoms with Crippen LogP contribution < -0.4 is 10.3 Å². The Hall–Kier alpha value is -2.08. The highest BCUT2D eigenvalue weighted by Crippen LogP contribution is 2.24. The van der Waals surface area contributed by atoms with Crippen molar-refractivity contribution in [2.24, 2.45) is 0 Å². The summed E-state index contributed by atoms with van der Waals surface area (Å²) in [6.45, 7) is 3.98. The van der Waals surface area contributed by atoms with Crippen LogP contribution in [0.4, 0.5) is 0 Å². The third-order valence-electron chi connectivity index (χ3n) is 4.06. The summed E-state index contributed by atoms with van der Waals surface area (Å²) in [7, 11) is 0. The first-order valence-corrected chi connectivity index (χ1v) is 8.68. The molecule has 5 nitrogen and oxygen atoms in total. The molecule has 2 heterocycles. The molecule has 0 radical (unpaired) electrons. The number of aromatic nitrogens is 1. The predicted octanol–water partition coefficient (Wildman–Crippen LogP) is 2.73. The van der Waals surface area contributed by atoms with Crippen LogP contribution in [-0.2, 0) is 17.9 Å². The highest BCUT2D eigenvalue weighted by molar-refractivity contribution is 9.10. The molecule has 3 rings (SSSR count). The molecule has 0 atom stereocenters. The number of hydrogen-bond acceptors (Lipinski definition) is 3. The fraction of sp³-hybridized carbons (Fsp3) is 0.333. The Morgan fingerprint density at radius 1 is 1.29 bits per heavy atom. The summed E-state index contributed by atoms with van der Waals surface area (Å²) in [4.78, 5) is 26.2. The zero-order valence-corrected chi connectivity index (χ0v) is 15.1. The van der Waals surface area contributed by atoms with Gasteiger partial charge < -0.3 is 14.2 Å². The number of nitrogens with zero attached hydrogens (tertiary/aromatic N) is 2.